The molecule has 0 radical (unpaired) electrons. The Morgan fingerprint density at radius 2 is 1.10 bits per heavy atom. The van der Waals surface area contributed by atoms with Crippen LogP contribution < -0.4 is 0 Å². The summed E-state index contributed by atoms with van der Waals surface area (Å²) >= 11 is 8.03. The van der Waals surface area contributed by atoms with Crippen LogP contribution in [0.4, 0.5) is 0 Å². The Morgan fingerprint density at radius 1 is 0.700 bits per heavy atom. The van der Waals surface area contributed by atoms with Crippen molar-refractivity contribution in [2.75, 3.05) is 26.4 Å². The number of ether oxygens (including phenoxy) is 4. The summed E-state index contributed by atoms with van der Waals surface area (Å²) in [6.07, 6.45) is 3.99. The minimum absolute atomic E-state index is 0.119. The van der Waals surface area contributed by atoms with Crippen LogP contribution in [0.1, 0.15) is 25.7 Å². The van der Waals surface area contributed by atoms with Crippen molar-refractivity contribution in [1.82, 2.24) is 0 Å². The van der Waals surface area contributed by atoms with Crippen LogP contribution in [0.2, 0.25) is 0 Å². The molecule has 6 aliphatic rings. The van der Waals surface area contributed by atoms with E-state index in [0.29, 0.717) is 38.3 Å². The van der Waals surface area contributed by atoms with E-state index in [1.165, 1.54) is 0 Å². The lowest BCUT2D eigenvalue weighted by atomic mass is 9.50. The van der Waals surface area contributed by atoms with Gasteiger partial charge < -0.3 is 18.9 Å². The first-order valence-electron chi connectivity index (χ1n) is 7.47. The van der Waals surface area contributed by atoms with Gasteiger partial charge >= 0.3 is 0 Å². The van der Waals surface area contributed by atoms with Crippen molar-refractivity contribution in [1.29, 1.82) is 0 Å². The molecule has 0 aromatic heterocycles. The molecule has 0 aromatic rings. The summed E-state index contributed by atoms with van der Waals surface area (Å²) in [5.41, 5.74) is 0. The highest BCUT2D eigenvalue weighted by Gasteiger charge is 2.79. The first-order valence-corrected chi connectivity index (χ1v) is 9.06. The summed E-state index contributed by atoms with van der Waals surface area (Å²) in [6.45, 7) is 2.84. The third kappa shape index (κ3) is 1.26. The summed E-state index contributed by atoms with van der Waals surface area (Å²) in [5, 5.41) is 0. The normalized spacial score (nSPS) is 54.3. The quantitative estimate of drug-likeness (QED) is 0.576. The fourth-order valence-corrected chi connectivity index (χ4v) is 8.79. The number of hydrogen-bond acceptors (Lipinski definition) is 4. The number of alkyl halides is 2. The Kier molecular flexibility index (Phi) is 2.53. The Balaban J connectivity index is 1.62. The first-order chi connectivity index (χ1) is 9.54. The molecule has 6 heteroatoms. The van der Waals surface area contributed by atoms with Gasteiger partial charge in [-0.1, -0.05) is 31.9 Å². The molecule has 112 valence electrons. The second kappa shape index (κ2) is 3.82. The molecule has 2 spiro atoms. The fraction of sp³-hybridized carbons (Fsp3) is 1.00. The minimum Gasteiger partial charge on any atom is -0.346 e. The van der Waals surface area contributed by atoms with Crippen molar-refractivity contribution in [3.8, 4) is 0 Å². The highest BCUT2D eigenvalue weighted by molar-refractivity contribution is 9.10. The van der Waals surface area contributed by atoms with Crippen molar-refractivity contribution >= 4 is 31.9 Å². The highest BCUT2D eigenvalue weighted by atomic mass is 79.9. The predicted molar refractivity (Wildman–Crippen MR) is 78.0 cm³/mol. The minimum atomic E-state index is -0.430. The van der Waals surface area contributed by atoms with Crippen molar-refractivity contribution < 1.29 is 18.9 Å². The number of rotatable bonds is 0. The van der Waals surface area contributed by atoms with Gasteiger partial charge in [0.25, 0.3) is 0 Å². The molecule has 0 N–H and O–H groups in total. The highest BCUT2D eigenvalue weighted by Crippen LogP contribution is 2.73. The monoisotopic (exact) mass is 408 g/mol. The molecular weight excluding hydrogens is 392 g/mol. The van der Waals surface area contributed by atoms with E-state index in [0.717, 1.165) is 25.7 Å². The van der Waals surface area contributed by atoms with Crippen LogP contribution in [-0.4, -0.2) is 46.7 Å². The molecule has 0 aromatic carbocycles. The molecule has 20 heavy (non-hydrogen) atoms. The van der Waals surface area contributed by atoms with E-state index in [9.17, 15) is 0 Å². The van der Waals surface area contributed by atoms with Crippen LogP contribution in [0.3, 0.4) is 0 Å². The maximum atomic E-state index is 6.14. The lowest BCUT2D eigenvalue weighted by Gasteiger charge is -2.69. The lowest BCUT2D eigenvalue weighted by molar-refractivity contribution is -0.337. The van der Waals surface area contributed by atoms with Crippen molar-refractivity contribution in [2.45, 2.75) is 45.9 Å². The van der Waals surface area contributed by atoms with E-state index < -0.39 is 11.6 Å². The molecule has 6 rings (SSSR count). The molecule has 2 saturated heterocycles. The van der Waals surface area contributed by atoms with Crippen molar-refractivity contribution in [2.24, 2.45) is 11.8 Å². The fourth-order valence-electron chi connectivity index (χ4n) is 5.57. The third-order valence-electron chi connectivity index (χ3n) is 6.03. The second-order valence-electron chi connectivity index (χ2n) is 6.87. The maximum absolute atomic E-state index is 6.14. The zero-order valence-electron chi connectivity index (χ0n) is 11.2. The van der Waals surface area contributed by atoms with E-state index in [1.807, 2.05) is 0 Å². The van der Waals surface area contributed by atoms with Crippen LogP contribution in [0.15, 0.2) is 0 Å². The summed E-state index contributed by atoms with van der Waals surface area (Å²) in [5.74, 6) is -0.0357. The molecular formula is C14H18Br2O4. The molecule has 4 bridgehead atoms. The van der Waals surface area contributed by atoms with E-state index in [1.54, 1.807) is 0 Å². The Labute approximate surface area is 135 Å². The largest absolute Gasteiger partial charge is 0.346 e. The van der Waals surface area contributed by atoms with Gasteiger partial charge in [-0.2, -0.15) is 0 Å². The van der Waals surface area contributed by atoms with Crippen LogP contribution in [0, 0.1) is 11.8 Å². The zero-order valence-corrected chi connectivity index (χ0v) is 14.4. The van der Waals surface area contributed by atoms with E-state index in [2.05, 4.69) is 31.9 Å². The molecule has 4 atom stereocenters. The summed E-state index contributed by atoms with van der Waals surface area (Å²) in [4.78, 5) is 0. The van der Waals surface area contributed by atoms with Gasteiger partial charge in [-0.15, -0.1) is 0 Å². The van der Waals surface area contributed by atoms with E-state index in [4.69, 9.17) is 18.9 Å². The third-order valence-corrected chi connectivity index (χ3v) is 8.34. The van der Waals surface area contributed by atoms with Gasteiger partial charge in [0.15, 0.2) is 11.6 Å². The molecule has 4 nitrogen and oxygen atoms in total. The van der Waals surface area contributed by atoms with Crippen molar-refractivity contribution in [3.63, 3.8) is 0 Å². The lowest BCUT2D eigenvalue weighted by Crippen LogP contribution is -2.78. The smallest absolute Gasteiger partial charge is 0.186 e. The average Bonchev–Trinajstić information content (AvgIpc) is 3.03. The van der Waals surface area contributed by atoms with Gasteiger partial charge in [0, 0.05) is 11.8 Å². The van der Waals surface area contributed by atoms with Gasteiger partial charge in [-0.25, -0.2) is 0 Å². The van der Waals surface area contributed by atoms with Gasteiger partial charge in [0.05, 0.1) is 35.1 Å². The Hall–Kier alpha value is 0.800. The van der Waals surface area contributed by atoms with Crippen molar-refractivity contribution in [3.05, 3.63) is 0 Å². The number of hydrogen-bond donors (Lipinski definition) is 0. The molecule has 2 heterocycles. The summed E-state index contributed by atoms with van der Waals surface area (Å²) < 4.78 is 24.3. The van der Waals surface area contributed by atoms with Gasteiger partial charge in [-0.05, 0) is 25.7 Å². The van der Waals surface area contributed by atoms with Crippen LogP contribution in [0.25, 0.3) is 0 Å². The van der Waals surface area contributed by atoms with Gasteiger partial charge in [0.2, 0.25) is 0 Å². The molecule has 4 unspecified atom stereocenters. The predicted octanol–water partition coefficient (Wildman–Crippen LogP) is 2.57. The summed E-state index contributed by atoms with van der Waals surface area (Å²) in [6, 6.07) is 0. The summed E-state index contributed by atoms with van der Waals surface area (Å²) in [7, 11) is 0. The zero-order chi connectivity index (χ0) is 13.6. The van der Waals surface area contributed by atoms with E-state index in [-0.39, 0.29) is 8.65 Å². The Morgan fingerprint density at radius 3 is 1.45 bits per heavy atom. The second-order valence-corrected chi connectivity index (χ2v) is 9.91. The molecule has 4 saturated carbocycles. The van der Waals surface area contributed by atoms with Crippen LogP contribution >= 0.6 is 31.9 Å². The topological polar surface area (TPSA) is 36.9 Å². The van der Waals surface area contributed by atoms with E-state index >= 15 is 0 Å². The molecule has 2 aliphatic heterocycles. The maximum Gasteiger partial charge on any atom is 0.186 e. The van der Waals surface area contributed by atoms with Gasteiger partial charge in [0.1, 0.15) is 0 Å². The van der Waals surface area contributed by atoms with Crippen LogP contribution in [0.5, 0.6) is 0 Å². The SMILES string of the molecule is BrC12CC3CC(CC(Br)(C1)C31OCCO1)C21OCCO1. The molecule has 6 fully saturated rings. The average molecular weight is 410 g/mol. The Bertz CT molecular complexity index is 420. The van der Waals surface area contributed by atoms with Gasteiger partial charge in [-0.3, -0.25) is 0 Å². The molecule has 4 aliphatic carbocycles. The molecule has 0 amide bonds. The standard InChI is InChI=1S/C14H18Br2O4/c15-11-7-10-5-9(13(11)17-1-2-18-13)6-12(16,8-11)14(10)19-3-4-20-14/h9-10H,1-8H2. The number of halogens is 2. The van der Waals surface area contributed by atoms with Crippen LogP contribution in [-0.2, 0) is 18.9 Å². The first kappa shape index (κ1) is 13.3.